The Morgan fingerprint density at radius 3 is 2.43 bits per heavy atom. The lowest BCUT2D eigenvalue weighted by molar-refractivity contribution is -0.137. The summed E-state index contributed by atoms with van der Waals surface area (Å²) in [5.41, 5.74) is 4.64. The van der Waals surface area contributed by atoms with Gasteiger partial charge in [-0.15, -0.1) is 12.4 Å². The number of hydrogen-bond donors (Lipinski definition) is 1. The first-order valence-electron chi connectivity index (χ1n) is 5.75. The summed E-state index contributed by atoms with van der Waals surface area (Å²) >= 11 is 2.99. The monoisotopic (exact) mass is 408 g/mol. The van der Waals surface area contributed by atoms with E-state index in [9.17, 15) is 21.6 Å². The van der Waals surface area contributed by atoms with Crippen molar-refractivity contribution in [1.82, 2.24) is 4.31 Å². The molecule has 0 amide bonds. The Labute approximate surface area is 135 Å². The fourth-order valence-corrected chi connectivity index (χ4v) is 4.45. The maximum absolute atomic E-state index is 12.7. The van der Waals surface area contributed by atoms with Crippen molar-refractivity contribution in [1.29, 1.82) is 0 Å². The molecule has 0 aromatic heterocycles. The standard InChI is InChI=1S/C11H12BrF3N2O2S.ClH/c12-9-2-1-7(11(13,14)15)5-10(9)20(18,19)17-4-3-8(16)6-17;/h1-2,5,8H,3-4,6,16H2;1H/t8-;/m1./s1. The summed E-state index contributed by atoms with van der Waals surface area (Å²) in [5.74, 6) is 0. The van der Waals surface area contributed by atoms with E-state index < -0.39 is 21.8 Å². The van der Waals surface area contributed by atoms with E-state index in [1.807, 2.05) is 0 Å². The molecule has 4 nitrogen and oxygen atoms in total. The van der Waals surface area contributed by atoms with E-state index in [1.165, 1.54) is 0 Å². The summed E-state index contributed by atoms with van der Waals surface area (Å²) in [6.07, 6.45) is -4.10. The van der Waals surface area contributed by atoms with Crippen LogP contribution in [0.3, 0.4) is 0 Å². The Bertz CT molecular complexity index is 624. The highest BCUT2D eigenvalue weighted by molar-refractivity contribution is 9.10. The van der Waals surface area contributed by atoms with Gasteiger partial charge in [-0.25, -0.2) is 8.42 Å². The quantitative estimate of drug-likeness (QED) is 0.817. The number of halogens is 5. The summed E-state index contributed by atoms with van der Waals surface area (Å²) in [7, 11) is -3.98. The first-order chi connectivity index (χ1) is 9.12. The third-order valence-corrected chi connectivity index (χ3v) is 5.92. The van der Waals surface area contributed by atoms with Gasteiger partial charge in [0.05, 0.1) is 10.5 Å². The zero-order valence-corrected chi connectivity index (χ0v) is 13.8. The summed E-state index contributed by atoms with van der Waals surface area (Å²) in [4.78, 5) is -0.388. The van der Waals surface area contributed by atoms with Gasteiger partial charge < -0.3 is 5.73 Å². The zero-order valence-electron chi connectivity index (χ0n) is 10.6. The SMILES string of the molecule is Cl.N[C@@H]1CCN(S(=O)(=O)c2cc(C(F)(F)F)ccc2Br)C1. The molecular formula is C11H13BrClF3N2O2S. The van der Waals surface area contributed by atoms with Crippen molar-refractivity contribution in [3.8, 4) is 0 Å². The minimum atomic E-state index is -4.59. The molecule has 0 aliphatic carbocycles. The second-order valence-corrected chi connectivity index (χ2v) is 7.32. The molecular weight excluding hydrogens is 397 g/mol. The molecule has 1 aromatic rings. The second kappa shape index (κ2) is 6.41. The lowest BCUT2D eigenvalue weighted by Crippen LogP contribution is -2.32. The maximum Gasteiger partial charge on any atom is 0.416 e. The average molecular weight is 410 g/mol. The zero-order chi connectivity index (χ0) is 15.1. The van der Waals surface area contributed by atoms with Crippen molar-refractivity contribution in [2.24, 2.45) is 5.73 Å². The van der Waals surface area contributed by atoms with Crippen LogP contribution in [0.25, 0.3) is 0 Å². The number of alkyl halides is 3. The van der Waals surface area contributed by atoms with Crippen LogP contribution < -0.4 is 5.73 Å². The molecule has 1 fully saturated rings. The highest BCUT2D eigenvalue weighted by Gasteiger charge is 2.36. The molecule has 1 aromatic carbocycles. The Balaban J connectivity index is 0.00000220. The number of nitrogens with zero attached hydrogens (tertiary/aromatic N) is 1. The number of hydrogen-bond acceptors (Lipinski definition) is 3. The number of nitrogens with two attached hydrogens (primary N) is 1. The van der Waals surface area contributed by atoms with Gasteiger partial charge in [-0.2, -0.15) is 17.5 Å². The van der Waals surface area contributed by atoms with Crippen LogP contribution in [-0.2, 0) is 16.2 Å². The third-order valence-electron chi connectivity index (χ3n) is 3.06. The highest BCUT2D eigenvalue weighted by atomic mass is 79.9. The minimum Gasteiger partial charge on any atom is -0.326 e. The van der Waals surface area contributed by atoms with Crippen molar-refractivity contribution in [2.75, 3.05) is 13.1 Å². The van der Waals surface area contributed by atoms with E-state index in [0.717, 1.165) is 16.4 Å². The van der Waals surface area contributed by atoms with E-state index in [1.54, 1.807) is 0 Å². The normalized spacial score (nSPS) is 20.3. The Morgan fingerprint density at radius 1 is 1.33 bits per heavy atom. The van der Waals surface area contributed by atoms with Gasteiger partial charge >= 0.3 is 6.18 Å². The largest absolute Gasteiger partial charge is 0.416 e. The Kier molecular flexibility index (Phi) is 5.71. The molecule has 1 atom stereocenters. The molecule has 1 aliphatic heterocycles. The smallest absolute Gasteiger partial charge is 0.326 e. The van der Waals surface area contributed by atoms with Crippen LogP contribution in [0.4, 0.5) is 13.2 Å². The maximum atomic E-state index is 12.7. The van der Waals surface area contributed by atoms with Gasteiger partial charge in [0.15, 0.2) is 0 Å². The molecule has 0 radical (unpaired) electrons. The van der Waals surface area contributed by atoms with E-state index >= 15 is 0 Å². The summed E-state index contributed by atoms with van der Waals surface area (Å²) in [6, 6.07) is 2.28. The molecule has 1 heterocycles. The van der Waals surface area contributed by atoms with E-state index in [0.29, 0.717) is 12.5 Å². The fraction of sp³-hybridized carbons (Fsp3) is 0.455. The van der Waals surface area contributed by atoms with Crippen molar-refractivity contribution in [3.05, 3.63) is 28.2 Å². The summed E-state index contributed by atoms with van der Waals surface area (Å²) < 4.78 is 64.0. The number of sulfonamides is 1. The van der Waals surface area contributed by atoms with Gasteiger partial charge in [0.25, 0.3) is 0 Å². The molecule has 2 rings (SSSR count). The van der Waals surface area contributed by atoms with E-state index in [4.69, 9.17) is 5.73 Å². The van der Waals surface area contributed by atoms with Crippen LogP contribution in [0.5, 0.6) is 0 Å². The molecule has 0 unspecified atom stereocenters. The summed E-state index contributed by atoms with van der Waals surface area (Å²) in [5, 5.41) is 0. The molecule has 21 heavy (non-hydrogen) atoms. The molecule has 0 saturated carbocycles. The minimum absolute atomic E-state index is 0. The van der Waals surface area contributed by atoms with Crippen molar-refractivity contribution < 1.29 is 21.6 Å². The summed E-state index contributed by atoms with van der Waals surface area (Å²) in [6.45, 7) is 0.331. The van der Waals surface area contributed by atoms with Gasteiger partial charge in [-0.1, -0.05) is 0 Å². The third kappa shape index (κ3) is 3.89. The van der Waals surface area contributed by atoms with Gasteiger partial charge in [0, 0.05) is 23.6 Å². The number of benzene rings is 1. The van der Waals surface area contributed by atoms with Gasteiger partial charge in [-0.3, -0.25) is 0 Å². The van der Waals surface area contributed by atoms with Crippen molar-refractivity contribution in [2.45, 2.75) is 23.5 Å². The average Bonchev–Trinajstić information content (AvgIpc) is 2.75. The first-order valence-corrected chi connectivity index (χ1v) is 7.98. The molecule has 1 aliphatic rings. The van der Waals surface area contributed by atoms with Crippen LogP contribution in [0, 0.1) is 0 Å². The number of rotatable bonds is 2. The van der Waals surface area contributed by atoms with Crippen LogP contribution in [0.1, 0.15) is 12.0 Å². The van der Waals surface area contributed by atoms with Crippen molar-refractivity contribution >= 4 is 38.4 Å². The van der Waals surface area contributed by atoms with Gasteiger partial charge in [0.1, 0.15) is 0 Å². The van der Waals surface area contributed by atoms with Crippen molar-refractivity contribution in [3.63, 3.8) is 0 Å². The van der Waals surface area contributed by atoms with E-state index in [-0.39, 0.29) is 40.9 Å². The lowest BCUT2D eigenvalue weighted by Gasteiger charge is -2.18. The van der Waals surface area contributed by atoms with E-state index in [2.05, 4.69) is 15.9 Å². The first kappa shape index (κ1) is 18.7. The Hall–Kier alpha value is -0.350. The van der Waals surface area contributed by atoms with Gasteiger partial charge in [-0.05, 0) is 40.5 Å². The molecule has 10 heteroatoms. The highest BCUT2D eigenvalue weighted by Crippen LogP contribution is 2.35. The molecule has 120 valence electrons. The van der Waals surface area contributed by atoms with Crippen LogP contribution in [0.15, 0.2) is 27.6 Å². The van der Waals surface area contributed by atoms with Crippen LogP contribution in [0.2, 0.25) is 0 Å². The Morgan fingerprint density at radius 2 is 1.95 bits per heavy atom. The topological polar surface area (TPSA) is 63.4 Å². The predicted molar refractivity (Wildman–Crippen MR) is 77.7 cm³/mol. The van der Waals surface area contributed by atoms with Gasteiger partial charge in [0.2, 0.25) is 10.0 Å². The lowest BCUT2D eigenvalue weighted by atomic mass is 10.2. The molecule has 0 spiro atoms. The fourth-order valence-electron chi connectivity index (χ4n) is 1.99. The second-order valence-electron chi connectivity index (χ2n) is 4.55. The predicted octanol–water partition coefficient (Wildman–Crippen LogP) is 2.61. The molecule has 1 saturated heterocycles. The molecule has 2 N–H and O–H groups in total. The molecule has 0 bridgehead atoms. The van der Waals surface area contributed by atoms with Crippen LogP contribution >= 0.6 is 28.3 Å². The van der Waals surface area contributed by atoms with Crippen LogP contribution in [-0.4, -0.2) is 31.9 Å².